The van der Waals surface area contributed by atoms with Gasteiger partial charge in [-0.05, 0) is 5.56 Å². The van der Waals surface area contributed by atoms with Crippen molar-refractivity contribution < 1.29 is 51.8 Å². The molecule has 1 N–H and O–H groups in total. The smallest absolute Gasteiger partial charge is 0.303 e. The van der Waals surface area contributed by atoms with Crippen molar-refractivity contribution in [1.82, 2.24) is 5.32 Å². The molecule has 1 heterocycles. The lowest BCUT2D eigenvalue weighted by atomic mass is 9.98. The molecule has 0 aliphatic carbocycles. The van der Waals surface area contributed by atoms with E-state index < -0.39 is 54.6 Å². The Balaban J connectivity index is 2.14. The lowest BCUT2D eigenvalue weighted by Gasteiger charge is -2.43. The molecule has 1 amide bonds. The average molecular weight is 528 g/mol. The zero-order valence-corrected chi connectivity index (χ0v) is 21.1. The highest BCUT2D eigenvalue weighted by atomic mass is 32.2. The number of carbonyl (C=O) groups is 5. The highest BCUT2D eigenvalue weighted by Crippen LogP contribution is 2.31. The van der Waals surface area contributed by atoms with Gasteiger partial charge in [-0.25, -0.2) is 0 Å². The SMILES string of the molecule is CC(=O)OC[C@H]1O[C@@H](OSCC(=O)NCc2ccccc2)[C@H](OC(C)=O)[C@@H](OC(C)=O)[C@@H]1OC(C)=O. The van der Waals surface area contributed by atoms with Crippen LogP contribution in [0.5, 0.6) is 0 Å². The maximum atomic E-state index is 12.2. The van der Waals surface area contributed by atoms with Gasteiger partial charge >= 0.3 is 23.9 Å². The molecule has 1 aromatic rings. The second kappa shape index (κ2) is 14.4. The molecule has 198 valence electrons. The first-order valence-corrected chi connectivity index (χ1v) is 11.9. The minimum Gasteiger partial charge on any atom is -0.463 e. The number of nitrogens with one attached hydrogen (secondary N) is 1. The zero-order valence-electron chi connectivity index (χ0n) is 20.3. The first-order chi connectivity index (χ1) is 17.1. The Hall–Kier alpha value is -3.16. The van der Waals surface area contributed by atoms with E-state index in [1.807, 2.05) is 30.3 Å². The lowest BCUT2D eigenvalue weighted by Crippen LogP contribution is -2.62. The van der Waals surface area contributed by atoms with Crippen molar-refractivity contribution in [3.8, 4) is 0 Å². The number of amides is 1. The quantitative estimate of drug-likeness (QED) is 0.249. The number of benzene rings is 1. The molecular formula is C23H29NO11S. The Kier molecular flexibility index (Phi) is 11.6. The lowest BCUT2D eigenvalue weighted by molar-refractivity contribution is -0.286. The summed E-state index contributed by atoms with van der Waals surface area (Å²) in [6.45, 7) is 4.48. The Bertz CT molecular complexity index is 926. The molecule has 0 spiro atoms. The maximum Gasteiger partial charge on any atom is 0.303 e. The van der Waals surface area contributed by atoms with Gasteiger partial charge in [-0.2, -0.15) is 0 Å². The van der Waals surface area contributed by atoms with Gasteiger partial charge in [-0.15, -0.1) is 0 Å². The Morgan fingerprint density at radius 1 is 0.833 bits per heavy atom. The minimum atomic E-state index is -1.36. The van der Waals surface area contributed by atoms with Crippen LogP contribution >= 0.6 is 12.0 Å². The summed E-state index contributed by atoms with van der Waals surface area (Å²) in [5.41, 5.74) is 0.913. The molecule has 0 radical (unpaired) electrons. The fourth-order valence-electron chi connectivity index (χ4n) is 3.27. The van der Waals surface area contributed by atoms with Gasteiger partial charge in [0.25, 0.3) is 0 Å². The minimum absolute atomic E-state index is 0.139. The highest BCUT2D eigenvalue weighted by molar-refractivity contribution is 7.95. The first kappa shape index (κ1) is 29.1. The van der Waals surface area contributed by atoms with Crippen molar-refractivity contribution in [2.45, 2.75) is 64.9 Å². The van der Waals surface area contributed by atoms with Crippen LogP contribution in [0.2, 0.25) is 0 Å². The summed E-state index contributed by atoms with van der Waals surface area (Å²) in [7, 11) is 0. The number of hydrogen-bond donors (Lipinski definition) is 1. The van der Waals surface area contributed by atoms with Crippen molar-refractivity contribution in [3.63, 3.8) is 0 Å². The number of hydrogen-bond acceptors (Lipinski definition) is 12. The summed E-state index contributed by atoms with van der Waals surface area (Å²) >= 11 is 0.712. The Morgan fingerprint density at radius 2 is 1.42 bits per heavy atom. The molecule has 0 bridgehead atoms. The molecular weight excluding hydrogens is 498 g/mol. The predicted octanol–water partition coefficient (Wildman–Crippen LogP) is 1.05. The van der Waals surface area contributed by atoms with Crippen LogP contribution in [0, 0.1) is 0 Å². The standard InChI is InChI=1S/C23H29NO11S/c1-13(25)30-11-18-20(31-14(2)26)21(32-15(3)27)22(33-16(4)28)23(34-18)35-36-12-19(29)24-10-17-8-6-5-7-9-17/h5-9,18,20-23H,10-12H2,1-4H3,(H,24,29)/t18-,20-,21+,22-,23+/m1/s1. The summed E-state index contributed by atoms with van der Waals surface area (Å²) in [4.78, 5) is 58.9. The monoisotopic (exact) mass is 527 g/mol. The number of carbonyl (C=O) groups excluding carboxylic acids is 5. The summed E-state index contributed by atoms with van der Waals surface area (Å²) < 4.78 is 32.3. The van der Waals surface area contributed by atoms with Crippen molar-refractivity contribution in [2.24, 2.45) is 0 Å². The van der Waals surface area contributed by atoms with Crippen LogP contribution in [0.25, 0.3) is 0 Å². The molecule has 0 saturated carbocycles. The molecule has 1 saturated heterocycles. The average Bonchev–Trinajstić information content (AvgIpc) is 2.80. The molecule has 1 aliphatic rings. The molecule has 12 nitrogen and oxygen atoms in total. The zero-order chi connectivity index (χ0) is 26.7. The summed E-state index contributed by atoms with van der Waals surface area (Å²) in [6, 6.07) is 9.29. The van der Waals surface area contributed by atoms with E-state index in [4.69, 9.17) is 27.9 Å². The van der Waals surface area contributed by atoms with Gasteiger partial charge in [0, 0.05) is 46.3 Å². The molecule has 5 atom stereocenters. The van der Waals surface area contributed by atoms with E-state index >= 15 is 0 Å². The number of rotatable bonds is 11. The summed E-state index contributed by atoms with van der Waals surface area (Å²) in [6.07, 6.45) is -6.48. The summed E-state index contributed by atoms with van der Waals surface area (Å²) in [5, 5.41) is 2.73. The van der Waals surface area contributed by atoms with Gasteiger partial charge in [0.2, 0.25) is 12.2 Å². The third-order valence-corrected chi connectivity index (χ3v) is 5.34. The van der Waals surface area contributed by atoms with Gasteiger partial charge in [0.1, 0.15) is 12.7 Å². The van der Waals surface area contributed by atoms with Gasteiger partial charge in [0.15, 0.2) is 18.3 Å². The van der Waals surface area contributed by atoms with Crippen LogP contribution in [0.4, 0.5) is 0 Å². The molecule has 2 rings (SSSR count). The number of esters is 4. The van der Waals surface area contributed by atoms with Crippen LogP contribution in [0.3, 0.4) is 0 Å². The maximum absolute atomic E-state index is 12.2. The largest absolute Gasteiger partial charge is 0.463 e. The van der Waals surface area contributed by atoms with E-state index in [-0.39, 0.29) is 18.3 Å². The van der Waals surface area contributed by atoms with Gasteiger partial charge < -0.3 is 29.0 Å². The van der Waals surface area contributed by atoms with Gasteiger partial charge in [0.05, 0.1) is 5.75 Å². The van der Waals surface area contributed by atoms with E-state index in [0.717, 1.165) is 26.3 Å². The molecule has 13 heteroatoms. The molecule has 0 unspecified atom stereocenters. The van der Waals surface area contributed by atoms with E-state index in [2.05, 4.69) is 5.32 Å². The van der Waals surface area contributed by atoms with E-state index in [0.29, 0.717) is 18.6 Å². The second-order valence-corrected chi connectivity index (χ2v) is 8.41. The van der Waals surface area contributed by atoms with Crippen LogP contribution in [0.15, 0.2) is 30.3 Å². The van der Waals surface area contributed by atoms with E-state index in [9.17, 15) is 24.0 Å². The van der Waals surface area contributed by atoms with Crippen LogP contribution in [0.1, 0.15) is 33.3 Å². The molecule has 1 aromatic carbocycles. The summed E-state index contributed by atoms with van der Waals surface area (Å²) in [5.74, 6) is -3.35. The fourth-order valence-corrected chi connectivity index (χ4v) is 3.83. The van der Waals surface area contributed by atoms with Gasteiger partial charge in [-0.3, -0.25) is 28.2 Å². The number of ether oxygens (including phenoxy) is 5. The topological polar surface area (TPSA) is 153 Å². The van der Waals surface area contributed by atoms with Crippen molar-refractivity contribution in [2.75, 3.05) is 12.4 Å². The van der Waals surface area contributed by atoms with E-state index in [1.54, 1.807) is 0 Å². The Labute approximate surface area is 212 Å². The highest BCUT2D eigenvalue weighted by Gasteiger charge is 2.53. The van der Waals surface area contributed by atoms with Crippen LogP contribution < -0.4 is 5.32 Å². The second-order valence-electron chi connectivity index (χ2n) is 7.69. The van der Waals surface area contributed by atoms with Crippen LogP contribution in [-0.4, -0.2) is 72.9 Å². The molecule has 1 aliphatic heterocycles. The predicted molar refractivity (Wildman–Crippen MR) is 124 cm³/mol. The van der Waals surface area contributed by atoms with Crippen LogP contribution in [-0.2, 0) is 58.4 Å². The van der Waals surface area contributed by atoms with Gasteiger partial charge in [-0.1, -0.05) is 30.3 Å². The third kappa shape index (κ3) is 9.84. The first-order valence-electron chi connectivity index (χ1n) is 11.0. The van der Waals surface area contributed by atoms with Crippen molar-refractivity contribution in [1.29, 1.82) is 0 Å². The van der Waals surface area contributed by atoms with Crippen molar-refractivity contribution >= 4 is 41.8 Å². The normalized spacial score (nSPS) is 23.2. The Morgan fingerprint density at radius 3 is 2.00 bits per heavy atom. The fraction of sp³-hybridized carbons (Fsp3) is 0.522. The molecule has 0 aromatic heterocycles. The van der Waals surface area contributed by atoms with Crippen molar-refractivity contribution in [3.05, 3.63) is 35.9 Å². The third-order valence-electron chi connectivity index (χ3n) is 4.63. The molecule has 36 heavy (non-hydrogen) atoms. The molecule has 1 fully saturated rings. The van der Waals surface area contributed by atoms with E-state index in [1.165, 1.54) is 6.92 Å².